The van der Waals surface area contributed by atoms with Crippen molar-refractivity contribution in [2.24, 2.45) is 0 Å². The highest BCUT2D eigenvalue weighted by molar-refractivity contribution is 7.90. The van der Waals surface area contributed by atoms with Crippen LogP contribution >= 0.6 is 11.6 Å². The molecule has 0 aliphatic carbocycles. The van der Waals surface area contributed by atoms with Gasteiger partial charge in [0, 0.05) is 17.3 Å². The monoisotopic (exact) mass is 390 g/mol. The number of hydrogen-bond donors (Lipinski definition) is 1. The number of sulfonamides is 1. The van der Waals surface area contributed by atoms with Gasteiger partial charge >= 0.3 is 0 Å². The van der Waals surface area contributed by atoms with Crippen molar-refractivity contribution in [3.05, 3.63) is 46.7 Å². The maximum atomic E-state index is 14.3. The fraction of sp³-hybridized carbons (Fsp3) is 0.200. The number of rotatable bonds is 5. The largest absolute Gasteiger partial charge is 0.496 e. The van der Waals surface area contributed by atoms with E-state index in [0.717, 1.165) is 18.3 Å². The van der Waals surface area contributed by atoms with Crippen molar-refractivity contribution in [1.82, 2.24) is 9.71 Å². The number of carbonyl (C=O) groups is 1. The van der Waals surface area contributed by atoms with Crippen LogP contribution in [0, 0.1) is 11.8 Å². The Morgan fingerprint density at radius 2 is 2.00 bits per heavy atom. The number of aromatic nitrogens is 1. The maximum Gasteiger partial charge on any atom is 0.267 e. The third kappa shape index (κ3) is 4.23. The third-order valence-corrected chi connectivity index (χ3v) is 4.79. The molecule has 2 rings (SSSR count). The Morgan fingerprint density at radius 3 is 2.56 bits per heavy atom. The van der Waals surface area contributed by atoms with Gasteiger partial charge in [-0.05, 0) is 25.1 Å². The molecule has 0 aliphatic heterocycles. The number of nitrogens with one attached hydrogen (secondary N) is 1. The van der Waals surface area contributed by atoms with Gasteiger partial charge in [0.05, 0.1) is 23.4 Å². The minimum atomic E-state index is -3.85. The number of methoxy groups -OCH3 is 1. The summed E-state index contributed by atoms with van der Waals surface area (Å²) in [5, 5.41) is -0.268. The van der Waals surface area contributed by atoms with Crippen molar-refractivity contribution in [1.29, 1.82) is 0 Å². The van der Waals surface area contributed by atoms with Gasteiger partial charge in [0.15, 0.2) is 0 Å². The number of carbonyl (C=O) groups excluding carboxylic acids is 1. The summed E-state index contributed by atoms with van der Waals surface area (Å²) in [6, 6.07) is 3.22. The van der Waals surface area contributed by atoms with Gasteiger partial charge in [-0.25, -0.2) is 22.5 Å². The first-order chi connectivity index (χ1) is 11.7. The lowest BCUT2D eigenvalue weighted by atomic mass is 10.0. The first-order valence-electron chi connectivity index (χ1n) is 6.92. The van der Waals surface area contributed by atoms with Crippen molar-refractivity contribution in [3.63, 3.8) is 0 Å². The van der Waals surface area contributed by atoms with E-state index >= 15 is 0 Å². The van der Waals surface area contributed by atoms with E-state index in [4.69, 9.17) is 16.3 Å². The summed E-state index contributed by atoms with van der Waals surface area (Å²) in [6.45, 7) is 1.33. The molecular formula is C15H13ClF2N2O4S. The average molecular weight is 391 g/mol. The van der Waals surface area contributed by atoms with Gasteiger partial charge in [0.1, 0.15) is 11.6 Å². The topological polar surface area (TPSA) is 85.4 Å². The molecule has 10 heteroatoms. The zero-order chi connectivity index (χ0) is 18.8. The van der Waals surface area contributed by atoms with Crippen molar-refractivity contribution in [2.45, 2.75) is 6.92 Å². The lowest BCUT2D eigenvalue weighted by Gasteiger charge is -2.12. The Labute approximate surface area is 147 Å². The van der Waals surface area contributed by atoms with Gasteiger partial charge in [-0.2, -0.15) is 4.39 Å². The normalized spacial score (nSPS) is 11.2. The molecule has 0 fully saturated rings. The molecule has 0 saturated heterocycles. The molecule has 0 unspecified atom stereocenters. The van der Waals surface area contributed by atoms with Crippen LogP contribution in [0.15, 0.2) is 24.4 Å². The van der Waals surface area contributed by atoms with Gasteiger partial charge in [0.2, 0.25) is 16.0 Å². The predicted molar refractivity (Wildman–Crippen MR) is 88.1 cm³/mol. The highest BCUT2D eigenvalue weighted by Crippen LogP contribution is 2.33. The highest BCUT2D eigenvalue weighted by Gasteiger charge is 2.21. The van der Waals surface area contributed by atoms with Gasteiger partial charge in [-0.3, -0.25) is 4.79 Å². The van der Waals surface area contributed by atoms with Gasteiger partial charge < -0.3 is 4.74 Å². The van der Waals surface area contributed by atoms with Gasteiger partial charge in [-0.1, -0.05) is 11.6 Å². The number of benzene rings is 1. The molecule has 6 nitrogen and oxygen atoms in total. The number of pyridine rings is 1. The first-order valence-corrected chi connectivity index (χ1v) is 8.95. The van der Waals surface area contributed by atoms with Gasteiger partial charge in [0.25, 0.3) is 5.91 Å². The van der Waals surface area contributed by atoms with Crippen molar-refractivity contribution in [2.75, 3.05) is 12.9 Å². The second-order valence-electron chi connectivity index (χ2n) is 4.86. The van der Waals surface area contributed by atoms with E-state index in [1.165, 1.54) is 20.1 Å². The predicted octanol–water partition coefficient (Wildman–Crippen LogP) is 2.77. The Kier molecular flexibility index (Phi) is 5.58. The van der Waals surface area contributed by atoms with Crippen molar-refractivity contribution in [3.8, 4) is 16.9 Å². The Balaban J connectivity index is 2.51. The summed E-state index contributed by atoms with van der Waals surface area (Å²) in [5.74, 6) is -3.27. The number of halogens is 3. The molecule has 0 saturated carbocycles. The number of hydrogen-bond acceptors (Lipinski definition) is 5. The van der Waals surface area contributed by atoms with Crippen LogP contribution in [0.5, 0.6) is 5.75 Å². The molecule has 1 aromatic carbocycles. The summed E-state index contributed by atoms with van der Waals surface area (Å²) in [7, 11) is -2.57. The third-order valence-electron chi connectivity index (χ3n) is 3.27. The van der Waals surface area contributed by atoms with E-state index in [2.05, 4.69) is 4.98 Å². The highest BCUT2D eigenvalue weighted by atomic mass is 35.5. The van der Waals surface area contributed by atoms with Crippen LogP contribution in [0.3, 0.4) is 0 Å². The summed E-state index contributed by atoms with van der Waals surface area (Å²) in [4.78, 5) is 15.4. The van der Waals surface area contributed by atoms with Crippen LogP contribution in [0.1, 0.15) is 17.3 Å². The first kappa shape index (κ1) is 19.1. The minimum absolute atomic E-state index is 0.0601. The second-order valence-corrected chi connectivity index (χ2v) is 7.28. The van der Waals surface area contributed by atoms with Crippen LogP contribution in [-0.4, -0.2) is 32.2 Å². The number of amides is 1. The van der Waals surface area contributed by atoms with E-state index in [-0.39, 0.29) is 27.7 Å². The quantitative estimate of drug-likeness (QED) is 0.793. The Bertz CT molecular complexity index is 935. The van der Waals surface area contributed by atoms with Gasteiger partial charge in [-0.15, -0.1) is 0 Å². The Hall–Kier alpha value is -2.26. The van der Waals surface area contributed by atoms with Crippen LogP contribution < -0.4 is 9.46 Å². The molecule has 1 aromatic heterocycles. The molecule has 25 heavy (non-hydrogen) atoms. The van der Waals surface area contributed by atoms with E-state index in [1.807, 2.05) is 0 Å². The van der Waals surface area contributed by atoms with Crippen LogP contribution in [0.4, 0.5) is 8.78 Å². The van der Waals surface area contributed by atoms with Crippen LogP contribution in [-0.2, 0) is 10.0 Å². The van der Waals surface area contributed by atoms with E-state index in [1.54, 1.807) is 4.72 Å². The summed E-state index contributed by atoms with van der Waals surface area (Å²) in [5.41, 5.74) is -0.0848. The maximum absolute atomic E-state index is 14.3. The Morgan fingerprint density at radius 1 is 1.32 bits per heavy atom. The minimum Gasteiger partial charge on any atom is -0.496 e. The van der Waals surface area contributed by atoms with E-state index < -0.39 is 33.3 Å². The molecular weight excluding hydrogens is 378 g/mol. The van der Waals surface area contributed by atoms with Crippen molar-refractivity contribution >= 4 is 27.5 Å². The summed E-state index contributed by atoms with van der Waals surface area (Å²) < 4.78 is 57.3. The standard InChI is InChI=1S/C15H13ClF2N2O4S/c1-3-25(22,23)20-15(21)10-6-13(24-2)9(5-12(10)17)8-4-11(16)14(18)19-7-8/h4-7H,3H2,1-2H3,(H,20,21). The van der Waals surface area contributed by atoms with Crippen LogP contribution in [0.25, 0.3) is 11.1 Å². The SMILES string of the molecule is CCS(=O)(=O)NC(=O)c1cc(OC)c(-c2cnc(F)c(Cl)c2)cc1F. The summed E-state index contributed by atoms with van der Waals surface area (Å²) in [6.07, 6.45) is 1.12. The molecule has 1 N–H and O–H groups in total. The molecule has 0 spiro atoms. The zero-order valence-corrected chi connectivity index (χ0v) is 14.7. The van der Waals surface area contributed by atoms with Crippen LogP contribution in [0.2, 0.25) is 5.02 Å². The molecule has 2 aromatic rings. The van der Waals surface area contributed by atoms with Crippen molar-refractivity contribution < 1.29 is 26.7 Å². The number of nitrogens with zero attached hydrogens (tertiary/aromatic N) is 1. The van der Waals surface area contributed by atoms with E-state index in [0.29, 0.717) is 0 Å². The fourth-order valence-electron chi connectivity index (χ4n) is 1.96. The average Bonchev–Trinajstić information content (AvgIpc) is 2.56. The molecule has 0 atom stereocenters. The zero-order valence-electron chi connectivity index (χ0n) is 13.1. The van der Waals surface area contributed by atoms with E-state index in [9.17, 15) is 22.0 Å². The summed E-state index contributed by atoms with van der Waals surface area (Å²) >= 11 is 5.67. The molecule has 1 amide bonds. The second kappa shape index (κ2) is 7.32. The lowest BCUT2D eigenvalue weighted by molar-refractivity contribution is 0.0977. The molecule has 0 bridgehead atoms. The molecule has 0 radical (unpaired) electrons. The molecule has 1 heterocycles. The smallest absolute Gasteiger partial charge is 0.267 e. The molecule has 0 aliphatic rings. The number of ether oxygens (including phenoxy) is 1. The lowest BCUT2D eigenvalue weighted by Crippen LogP contribution is -2.32. The fourth-order valence-corrected chi connectivity index (χ4v) is 2.66. The molecule has 134 valence electrons.